The van der Waals surface area contributed by atoms with Crippen LogP contribution >= 0.6 is 0 Å². The number of nitrogens with two attached hydrogens (primary N) is 1. The maximum absolute atomic E-state index is 8.85. The van der Waals surface area contributed by atoms with Crippen molar-refractivity contribution in [3.8, 4) is 0 Å². The van der Waals surface area contributed by atoms with Crippen molar-refractivity contribution >= 4 is 11.5 Å². The van der Waals surface area contributed by atoms with Crippen LogP contribution in [-0.2, 0) is 0 Å². The van der Waals surface area contributed by atoms with Gasteiger partial charge in [-0.3, -0.25) is 0 Å². The predicted octanol–water partition coefficient (Wildman–Crippen LogP) is 1.56. The summed E-state index contributed by atoms with van der Waals surface area (Å²) in [6.45, 7) is 4.99. The molecule has 0 saturated carbocycles. The Morgan fingerprint density at radius 1 is 1.26 bits per heavy atom. The fourth-order valence-corrected chi connectivity index (χ4v) is 2.05. The first-order chi connectivity index (χ1) is 9.10. The van der Waals surface area contributed by atoms with E-state index in [0.29, 0.717) is 0 Å². The summed E-state index contributed by atoms with van der Waals surface area (Å²) in [5.41, 5.74) is 7.52. The molecule has 0 heterocycles. The first-order valence-corrected chi connectivity index (χ1v) is 6.56. The second-order valence-electron chi connectivity index (χ2n) is 4.74. The SMILES string of the molecule is CCN(CCCN(C)C)c1ccccc1/C(N)=N/O. The van der Waals surface area contributed by atoms with Crippen LogP contribution in [0.3, 0.4) is 0 Å². The molecular weight excluding hydrogens is 240 g/mol. The van der Waals surface area contributed by atoms with Crippen LogP contribution in [0.5, 0.6) is 0 Å². The molecule has 5 nitrogen and oxygen atoms in total. The van der Waals surface area contributed by atoms with Crippen LogP contribution in [0, 0.1) is 0 Å². The minimum absolute atomic E-state index is 0.154. The number of benzene rings is 1. The van der Waals surface area contributed by atoms with Gasteiger partial charge in [-0.15, -0.1) is 0 Å². The van der Waals surface area contributed by atoms with Crippen LogP contribution in [0.2, 0.25) is 0 Å². The summed E-state index contributed by atoms with van der Waals surface area (Å²) in [6, 6.07) is 7.74. The zero-order valence-corrected chi connectivity index (χ0v) is 12.0. The predicted molar refractivity (Wildman–Crippen MR) is 80.0 cm³/mol. The summed E-state index contributed by atoms with van der Waals surface area (Å²) in [5, 5.41) is 12.0. The van der Waals surface area contributed by atoms with Crippen molar-refractivity contribution in [3.05, 3.63) is 29.8 Å². The maximum Gasteiger partial charge on any atom is 0.172 e. The van der Waals surface area contributed by atoms with Crippen molar-refractivity contribution < 1.29 is 5.21 Å². The molecule has 0 radical (unpaired) electrons. The average Bonchev–Trinajstić information content (AvgIpc) is 2.42. The molecular formula is C14H24N4O. The first kappa shape index (κ1) is 15.3. The maximum atomic E-state index is 8.85. The zero-order valence-electron chi connectivity index (χ0n) is 12.0. The summed E-state index contributed by atoms with van der Waals surface area (Å²) in [7, 11) is 4.14. The van der Waals surface area contributed by atoms with Crippen molar-refractivity contribution in [1.82, 2.24) is 4.90 Å². The van der Waals surface area contributed by atoms with Crippen molar-refractivity contribution in [2.24, 2.45) is 10.9 Å². The summed E-state index contributed by atoms with van der Waals surface area (Å²) < 4.78 is 0. The molecule has 0 aliphatic carbocycles. The van der Waals surface area contributed by atoms with E-state index in [0.717, 1.165) is 37.3 Å². The van der Waals surface area contributed by atoms with Gasteiger partial charge in [0, 0.05) is 24.3 Å². The van der Waals surface area contributed by atoms with Crippen LogP contribution in [0.25, 0.3) is 0 Å². The molecule has 0 atom stereocenters. The van der Waals surface area contributed by atoms with Gasteiger partial charge in [0.25, 0.3) is 0 Å². The second kappa shape index (κ2) is 7.63. The van der Waals surface area contributed by atoms with E-state index in [1.165, 1.54) is 0 Å². The fraction of sp³-hybridized carbons (Fsp3) is 0.500. The molecule has 0 unspecified atom stereocenters. The Kier molecular flexibility index (Phi) is 6.15. The summed E-state index contributed by atoms with van der Waals surface area (Å²) in [6.07, 6.45) is 1.07. The van der Waals surface area contributed by atoms with Gasteiger partial charge in [-0.1, -0.05) is 17.3 Å². The molecule has 1 aromatic rings. The largest absolute Gasteiger partial charge is 0.409 e. The van der Waals surface area contributed by atoms with Gasteiger partial charge in [0.05, 0.1) is 0 Å². The number of amidine groups is 1. The molecule has 1 rings (SSSR count). The number of para-hydroxylation sites is 1. The number of hydrogen-bond acceptors (Lipinski definition) is 4. The van der Waals surface area contributed by atoms with Crippen LogP contribution in [0.15, 0.2) is 29.4 Å². The monoisotopic (exact) mass is 264 g/mol. The third kappa shape index (κ3) is 4.44. The van der Waals surface area contributed by atoms with Gasteiger partial charge in [-0.05, 0) is 46.1 Å². The Balaban J connectivity index is 2.86. The molecule has 0 aliphatic heterocycles. The second-order valence-corrected chi connectivity index (χ2v) is 4.74. The fourth-order valence-electron chi connectivity index (χ4n) is 2.05. The Bertz CT molecular complexity index is 418. The van der Waals surface area contributed by atoms with Crippen molar-refractivity contribution in [2.75, 3.05) is 38.6 Å². The van der Waals surface area contributed by atoms with Crippen molar-refractivity contribution in [3.63, 3.8) is 0 Å². The smallest absolute Gasteiger partial charge is 0.172 e. The van der Waals surface area contributed by atoms with E-state index in [1.807, 2.05) is 24.3 Å². The molecule has 0 fully saturated rings. The standard InChI is InChI=1S/C14H24N4O/c1-4-18(11-7-10-17(2)3)13-9-6-5-8-12(13)14(15)16-19/h5-6,8-9,19H,4,7,10-11H2,1-3H3,(H2,15,16). The minimum atomic E-state index is 0.154. The lowest BCUT2D eigenvalue weighted by Gasteiger charge is -2.26. The Labute approximate surface area is 115 Å². The molecule has 1 aromatic carbocycles. The summed E-state index contributed by atoms with van der Waals surface area (Å²) >= 11 is 0. The lowest BCUT2D eigenvalue weighted by molar-refractivity contribution is 0.318. The lowest BCUT2D eigenvalue weighted by Crippen LogP contribution is -2.29. The highest BCUT2D eigenvalue weighted by molar-refractivity contribution is 6.02. The molecule has 5 heteroatoms. The minimum Gasteiger partial charge on any atom is -0.409 e. The highest BCUT2D eigenvalue weighted by Crippen LogP contribution is 2.20. The molecule has 0 amide bonds. The van der Waals surface area contributed by atoms with E-state index in [-0.39, 0.29) is 5.84 Å². The Morgan fingerprint density at radius 2 is 1.95 bits per heavy atom. The lowest BCUT2D eigenvalue weighted by atomic mass is 10.1. The van der Waals surface area contributed by atoms with Crippen molar-refractivity contribution in [1.29, 1.82) is 0 Å². The number of nitrogens with zero attached hydrogens (tertiary/aromatic N) is 3. The quantitative estimate of drug-likeness (QED) is 0.339. The number of anilines is 1. The Morgan fingerprint density at radius 3 is 2.53 bits per heavy atom. The molecule has 0 saturated heterocycles. The molecule has 0 bridgehead atoms. The first-order valence-electron chi connectivity index (χ1n) is 6.56. The van der Waals surface area contributed by atoms with Crippen LogP contribution in [0.1, 0.15) is 18.9 Å². The number of oxime groups is 1. The molecule has 0 aliphatic rings. The number of hydrogen-bond donors (Lipinski definition) is 2. The summed E-state index contributed by atoms with van der Waals surface area (Å²) in [5.74, 6) is 0.154. The van der Waals surface area contributed by atoms with Gasteiger partial charge in [-0.2, -0.15) is 0 Å². The molecule has 0 aromatic heterocycles. The van der Waals surface area contributed by atoms with Crippen molar-refractivity contribution in [2.45, 2.75) is 13.3 Å². The van der Waals surface area contributed by atoms with Crippen LogP contribution < -0.4 is 10.6 Å². The highest BCUT2D eigenvalue weighted by Gasteiger charge is 2.12. The average molecular weight is 264 g/mol. The zero-order chi connectivity index (χ0) is 14.3. The van der Waals surface area contributed by atoms with Gasteiger partial charge in [0.15, 0.2) is 5.84 Å². The van der Waals surface area contributed by atoms with E-state index in [9.17, 15) is 0 Å². The van der Waals surface area contributed by atoms with Gasteiger partial charge < -0.3 is 20.7 Å². The third-order valence-corrected chi connectivity index (χ3v) is 3.04. The topological polar surface area (TPSA) is 65.1 Å². The molecule has 0 spiro atoms. The van der Waals surface area contributed by atoms with E-state index in [4.69, 9.17) is 10.9 Å². The van der Waals surface area contributed by atoms with E-state index in [1.54, 1.807) is 0 Å². The van der Waals surface area contributed by atoms with Crippen LogP contribution in [-0.4, -0.2) is 49.7 Å². The van der Waals surface area contributed by atoms with Gasteiger partial charge in [-0.25, -0.2) is 0 Å². The normalized spacial score (nSPS) is 11.9. The summed E-state index contributed by atoms with van der Waals surface area (Å²) in [4.78, 5) is 4.42. The molecule has 19 heavy (non-hydrogen) atoms. The van der Waals surface area contributed by atoms with Gasteiger partial charge in [0.1, 0.15) is 0 Å². The van der Waals surface area contributed by atoms with E-state index >= 15 is 0 Å². The van der Waals surface area contributed by atoms with Crippen LogP contribution in [0.4, 0.5) is 5.69 Å². The molecule has 3 N–H and O–H groups in total. The third-order valence-electron chi connectivity index (χ3n) is 3.04. The highest BCUT2D eigenvalue weighted by atomic mass is 16.4. The molecule has 106 valence electrons. The Hall–Kier alpha value is -1.75. The van der Waals surface area contributed by atoms with Gasteiger partial charge >= 0.3 is 0 Å². The number of rotatable bonds is 7. The van der Waals surface area contributed by atoms with E-state index in [2.05, 4.69) is 36.0 Å². The van der Waals surface area contributed by atoms with E-state index < -0.39 is 0 Å². The van der Waals surface area contributed by atoms with Gasteiger partial charge in [0.2, 0.25) is 0 Å².